The zero-order valence-electron chi connectivity index (χ0n) is 15.2. The molecule has 0 saturated carbocycles. The molecule has 0 aliphatic carbocycles. The summed E-state index contributed by atoms with van der Waals surface area (Å²) in [5.41, 5.74) is 2.43. The zero-order chi connectivity index (χ0) is 18.7. The molecule has 8 heteroatoms. The van der Waals surface area contributed by atoms with Gasteiger partial charge in [-0.2, -0.15) is 14.5 Å². The lowest BCUT2D eigenvalue weighted by atomic mass is 10.1. The van der Waals surface area contributed by atoms with Crippen LogP contribution in [0.2, 0.25) is 0 Å². The lowest BCUT2D eigenvalue weighted by Gasteiger charge is -2.21. The van der Waals surface area contributed by atoms with Crippen molar-refractivity contribution < 1.29 is 8.42 Å². The Labute approximate surface area is 153 Å². The van der Waals surface area contributed by atoms with E-state index in [0.29, 0.717) is 24.4 Å². The van der Waals surface area contributed by atoms with E-state index in [0.717, 1.165) is 5.56 Å². The highest BCUT2D eigenvalue weighted by atomic mass is 32.2. The predicted octanol–water partition coefficient (Wildman–Crippen LogP) is 1.90. The molecular weight excluding hydrogens is 350 g/mol. The van der Waals surface area contributed by atoms with Crippen molar-refractivity contribution in [2.45, 2.75) is 24.8 Å². The second-order valence-electron chi connectivity index (χ2n) is 6.27. The van der Waals surface area contributed by atoms with Crippen LogP contribution in [0.4, 0.5) is 0 Å². The molecule has 0 fully saturated rings. The summed E-state index contributed by atoms with van der Waals surface area (Å²) in [5.74, 6) is 0. The molecule has 0 radical (unpaired) electrons. The summed E-state index contributed by atoms with van der Waals surface area (Å²) >= 11 is 0. The van der Waals surface area contributed by atoms with E-state index in [-0.39, 0.29) is 11.4 Å². The van der Waals surface area contributed by atoms with Gasteiger partial charge in [-0.1, -0.05) is 30.3 Å². The first kappa shape index (κ1) is 18.3. The van der Waals surface area contributed by atoms with E-state index in [2.05, 4.69) is 10.2 Å². The molecule has 3 aromatic rings. The fraction of sp³-hybridized carbons (Fsp3) is 0.333. The molecule has 2 aromatic heterocycles. The van der Waals surface area contributed by atoms with Crippen LogP contribution in [0, 0.1) is 6.92 Å². The van der Waals surface area contributed by atoms with Crippen molar-refractivity contribution in [1.29, 1.82) is 0 Å². The predicted molar refractivity (Wildman–Crippen MR) is 98.9 cm³/mol. The van der Waals surface area contributed by atoms with Gasteiger partial charge in [-0.25, -0.2) is 8.42 Å². The summed E-state index contributed by atoms with van der Waals surface area (Å²) in [6.07, 6.45) is 3.86. The molecular formula is C18H23N5O2S. The molecule has 0 atom stereocenters. The monoisotopic (exact) mass is 373 g/mol. The molecule has 0 spiro atoms. The number of rotatable bonds is 7. The highest BCUT2D eigenvalue weighted by Crippen LogP contribution is 2.21. The Morgan fingerprint density at radius 3 is 2.42 bits per heavy atom. The molecule has 3 rings (SSSR count). The molecule has 138 valence electrons. The van der Waals surface area contributed by atoms with Gasteiger partial charge >= 0.3 is 0 Å². The van der Waals surface area contributed by atoms with Crippen LogP contribution in [0.3, 0.4) is 0 Å². The van der Waals surface area contributed by atoms with Crippen LogP contribution in [-0.4, -0.2) is 38.8 Å². The summed E-state index contributed by atoms with van der Waals surface area (Å²) in [4.78, 5) is 0.240. The fourth-order valence-electron chi connectivity index (χ4n) is 2.78. The number of aryl methyl sites for hydroxylation is 2. The fourth-order valence-corrected chi connectivity index (χ4v) is 4.38. The van der Waals surface area contributed by atoms with Gasteiger partial charge in [-0.3, -0.25) is 9.36 Å². The Morgan fingerprint density at radius 1 is 1.12 bits per heavy atom. The smallest absolute Gasteiger partial charge is 0.246 e. The Bertz CT molecular complexity index is 976. The topological polar surface area (TPSA) is 73.0 Å². The van der Waals surface area contributed by atoms with Crippen molar-refractivity contribution in [1.82, 2.24) is 23.9 Å². The molecule has 0 unspecified atom stereocenters. The minimum atomic E-state index is -3.67. The molecule has 26 heavy (non-hydrogen) atoms. The number of hydrogen-bond acceptors (Lipinski definition) is 4. The van der Waals surface area contributed by atoms with Crippen LogP contribution < -0.4 is 0 Å². The maximum Gasteiger partial charge on any atom is 0.246 e. The van der Waals surface area contributed by atoms with E-state index in [4.69, 9.17) is 0 Å². The Kier molecular flexibility index (Phi) is 5.24. The van der Waals surface area contributed by atoms with Crippen molar-refractivity contribution in [3.63, 3.8) is 0 Å². The minimum Gasteiger partial charge on any atom is -0.276 e. The van der Waals surface area contributed by atoms with Crippen LogP contribution in [0.25, 0.3) is 0 Å². The van der Waals surface area contributed by atoms with Gasteiger partial charge in [-0.15, -0.1) is 0 Å². The zero-order valence-corrected chi connectivity index (χ0v) is 16.0. The van der Waals surface area contributed by atoms with Gasteiger partial charge in [0.05, 0.1) is 24.1 Å². The molecule has 0 bridgehead atoms. The third-order valence-corrected chi connectivity index (χ3v) is 6.36. The first-order valence-electron chi connectivity index (χ1n) is 8.39. The third kappa shape index (κ3) is 3.86. The average Bonchev–Trinajstić information content (AvgIpc) is 3.18. The highest BCUT2D eigenvalue weighted by molar-refractivity contribution is 7.89. The van der Waals surface area contributed by atoms with E-state index in [1.54, 1.807) is 23.3 Å². The summed E-state index contributed by atoms with van der Waals surface area (Å²) in [6, 6.07) is 11.7. The average molecular weight is 373 g/mol. The second-order valence-corrected chi connectivity index (χ2v) is 8.18. The highest BCUT2D eigenvalue weighted by Gasteiger charge is 2.28. The van der Waals surface area contributed by atoms with Crippen LogP contribution in [0.5, 0.6) is 0 Å². The Hall–Kier alpha value is -2.45. The van der Waals surface area contributed by atoms with Crippen molar-refractivity contribution in [3.8, 4) is 0 Å². The maximum absolute atomic E-state index is 13.2. The van der Waals surface area contributed by atoms with Gasteiger partial charge in [0.25, 0.3) is 0 Å². The first-order valence-corrected chi connectivity index (χ1v) is 9.83. The van der Waals surface area contributed by atoms with Gasteiger partial charge in [0.15, 0.2) is 0 Å². The molecule has 1 aromatic carbocycles. The van der Waals surface area contributed by atoms with Crippen LogP contribution in [-0.2, 0) is 37.1 Å². The number of aromatic nitrogens is 4. The van der Waals surface area contributed by atoms with Gasteiger partial charge in [0.2, 0.25) is 10.0 Å². The quantitative estimate of drug-likeness (QED) is 0.634. The van der Waals surface area contributed by atoms with Gasteiger partial charge in [0.1, 0.15) is 4.90 Å². The number of sulfonamides is 1. The molecule has 0 N–H and O–H groups in total. The summed E-state index contributed by atoms with van der Waals surface area (Å²) in [6.45, 7) is 2.36. The largest absolute Gasteiger partial charge is 0.276 e. The summed E-state index contributed by atoms with van der Waals surface area (Å²) in [5, 5.41) is 8.42. The van der Waals surface area contributed by atoms with Crippen LogP contribution in [0.1, 0.15) is 17.0 Å². The molecule has 0 amide bonds. The van der Waals surface area contributed by atoms with Crippen LogP contribution >= 0.6 is 0 Å². The Morgan fingerprint density at radius 2 is 1.85 bits per heavy atom. The second kappa shape index (κ2) is 7.43. The SMILES string of the molecule is Cc1c(S(=O)(=O)N(CCc2ccccc2)Cc2ccn(C)n2)cnn1C. The van der Waals surface area contributed by atoms with Crippen LogP contribution in [0.15, 0.2) is 53.7 Å². The molecule has 7 nitrogen and oxygen atoms in total. The van der Waals surface area contributed by atoms with Crippen molar-refractivity contribution in [3.05, 3.63) is 65.7 Å². The van der Waals surface area contributed by atoms with Gasteiger partial charge in [0, 0.05) is 26.8 Å². The molecule has 0 aliphatic heterocycles. The van der Waals surface area contributed by atoms with E-state index >= 15 is 0 Å². The Balaban J connectivity index is 1.89. The number of benzene rings is 1. The minimum absolute atomic E-state index is 0.227. The molecule has 2 heterocycles. The maximum atomic E-state index is 13.2. The third-order valence-electron chi connectivity index (χ3n) is 4.41. The van der Waals surface area contributed by atoms with E-state index < -0.39 is 10.0 Å². The van der Waals surface area contributed by atoms with Gasteiger partial charge in [-0.05, 0) is 25.0 Å². The molecule has 0 saturated heterocycles. The standard InChI is InChI=1S/C18H23N5O2S/c1-15-18(13-19-22(15)3)26(24,25)23(14-17-10-11-21(2)20-17)12-9-16-7-5-4-6-8-16/h4-8,10-11,13H,9,12,14H2,1-3H3. The van der Waals surface area contributed by atoms with E-state index in [9.17, 15) is 8.42 Å². The summed E-state index contributed by atoms with van der Waals surface area (Å²) < 4.78 is 31.2. The summed E-state index contributed by atoms with van der Waals surface area (Å²) in [7, 11) is -0.115. The molecule has 0 aliphatic rings. The first-order chi connectivity index (χ1) is 12.4. The number of hydrogen-bond donors (Lipinski definition) is 0. The lowest BCUT2D eigenvalue weighted by Crippen LogP contribution is -2.33. The van der Waals surface area contributed by atoms with Crippen molar-refractivity contribution in [2.24, 2.45) is 14.1 Å². The lowest BCUT2D eigenvalue weighted by molar-refractivity contribution is 0.403. The van der Waals surface area contributed by atoms with E-state index in [1.165, 1.54) is 10.5 Å². The van der Waals surface area contributed by atoms with E-state index in [1.807, 2.05) is 49.6 Å². The van der Waals surface area contributed by atoms with Crippen molar-refractivity contribution in [2.75, 3.05) is 6.54 Å². The van der Waals surface area contributed by atoms with Crippen molar-refractivity contribution >= 4 is 10.0 Å². The van der Waals surface area contributed by atoms with Gasteiger partial charge < -0.3 is 0 Å². The number of nitrogens with zero attached hydrogens (tertiary/aromatic N) is 5. The normalized spacial score (nSPS) is 12.0.